The molecule has 0 unspecified atom stereocenters. The smallest absolute Gasteiger partial charge is 0.342 e. The molecule has 0 radical (unpaired) electrons. The third-order valence-corrected chi connectivity index (χ3v) is 4.14. The Labute approximate surface area is 129 Å². The lowest BCUT2D eigenvalue weighted by atomic mass is 10.2. The van der Waals surface area contributed by atoms with E-state index < -0.39 is 15.8 Å². The summed E-state index contributed by atoms with van der Waals surface area (Å²) in [5, 5.41) is 0. The van der Waals surface area contributed by atoms with Gasteiger partial charge in [-0.2, -0.15) is 0 Å². The number of benzene rings is 2. The zero-order valence-electron chi connectivity index (χ0n) is 12.3. The Morgan fingerprint density at radius 2 is 1.77 bits per heavy atom. The highest BCUT2D eigenvalue weighted by molar-refractivity contribution is 7.90. The minimum absolute atomic E-state index is 0.0870. The lowest BCUT2D eigenvalue weighted by Crippen LogP contribution is -2.08. The van der Waals surface area contributed by atoms with Crippen molar-refractivity contribution in [3.63, 3.8) is 0 Å². The van der Waals surface area contributed by atoms with E-state index in [0.717, 1.165) is 11.8 Å². The van der Waals surface area contributed by atoms with Crippen molar-refractivity contribution in [2.45, 2.75) is 11.5 Å². The fourth-order valence-corrected chi connectivity index (χ4v) is 2.51. The molecule has 0 spiro atoms. The van der Waals surface area contributed by atoms with Crippen LogP contribution in [0.2, 0.25) is 0 Å². The second-order valence-electron chi connectivity index (χ2n) is 4.70. The summed E-state index contributed by atoms with van der Waals surface area (Å²) in [7, 11) is -1.99. The number of rotatable bonds is 5. The molecular formula is C16H16O5S. The van der Waals surface area contributed by atoms with E-state index in [1.54, 1.807) is 0 Å². The Hall–Kier alpha value is -2.34. The van der Waals surface area contributed by atoms with Gasteiger partial charge in [0.2, 0.25) is 0 Å². The van der Waals surface area contributed by atoms with Crippen LogP contribution in [-0.2, 0) is 21.2 Å². The second kappa shape index (κ2) is 6.62. The van der Waals surface area contributed by atoms with Gasteiger partial charge in [-0.3, -0.25) is 0 Å². The van der Waals surface area contributed by atoms with Crippen LogP contribution in [0.1, 0.15) is 15.9 Å². The summed E-state index contributed by atoms with van der Waals surface area (Å²) in [6.07, 6.45) is 1.09. The van der Waals surface area contributed by atoms with Gasteiger partial charge < -0.3 is 9.47 Å². The third-order valence-electron chi connectivity index (χ3n) is 3.03. The maximum atomic E-state index is 12.1. The van der Waals surface area contributed by atoms with Crippen molar-refractivity contribution < 1.29 is 22.7 Å². The molecule has 0 aliphatic rings. The topological polar surface area (TPSA) is 69.7 Å². The summed E-state index contributed by atoms with van der Waals surface area (Å²) < 4.78 is 33.3. The lowest BCUT2D eigenvalue weighted by Gasteiger charge is -2.10. The summed E-state index contributed by atoms with van der Waals surface area (Å²) in [6, 6.07) is 13.3. The predicted molar refractivity (Wildman–Crippen MR) is 81.7 cm³/mol. The summed E-state index contributed by atoms with van der Waals surface area (Å²) in [6.45, 7) is 0.136. The van der Waals surface area contributed by atoms with Gasteiger partial charge in [0.25, 0.3) is 0 Å². The van der Waals surface area contributed by atoms with Crippen LogP contribution in [0.5, 0.6) is 5.75 Å². The van der Waals surface area contributed by atoms with E-state index in [9.17, 15) is 13.2 Å². The first-order valence-electron chi connectivity index (χ1n) is 6.51. The fourth-order valence-electron chi connectivity index (χ4n) is 1.87. The number of carbonyl (C=O) groups is 1. The molecule has 6 heteroatoms. The highest BCUT2D eigenvalue weighted by atomic mass is 32.2. The second-order valence-corrected chi connectivity index (χ2v) is 6.71. The van der Waals surface area contributed by atoms with Crippen LogP contribution in [0.3, 0.4) is 0 Å². The number of hydrogen-bond donors (Lipinski definition) is 0. The minimum Gasteiger partial charge on any atom is -0.496 e. The summed E-state index contributed by atoms with van der Waals surface area (Å²) in [4.78, 5) is 12.2. The number of ether oxygens (including phenoxy) is 2. The van der Waals surface area contributed by atoms with Crippen molar-refractivity contribution in [3.05, 3.63) is 59.7 Å². The van der Waals surface area contributed by atoms with E-state index in [0.29, 0.717) is 0 Å². The molecule has 0 heterocycles. The standard InChI is InChI=1S/C16H16O5S/c1-20-15-10-13(22(2,18)19)8-9-14(15)16(17)21-11-12-6-4-3-5-7-12/h3-10H,11H2,1-2H3. The molecule has 2 aromatic rings. The number of sulfone groups is 1. The normalized spacial score (nSPS) is 11.0. The van der Waals surface area contributed by atoms with E-state index in [1.807, 2.05) is 30.3 Å². The maximum Gasteiger partial charge on any atom is 0.342 e. The molecule has 0 aromatic heterocycles. The van der Waals surface area contributed by atoms with Crippen LogP contribution in [-0.4, -0.2) is 27.8 Å². The first-order valence-corrected chi connectivity index (χ1v) is 8.40. The van der Waals surface area contributed by atoms with E-state index in [-0.39, 0.29) is 22.8 Å². The Kier molecular flexibility index (Phi) is 4.82. The van der Waals surface area contributed by atoms with Crippen LogP contribution in [0.15, 0.2) is 53.4 Å². The average Bonchev–Trinajstić information content (AvgIpc) is 2.52. The van der Waals surface area contributed by atoms with E-state index in [2.05, 4.69) is 0 Å². The van der Waals surface area contributed by atoms with Gasteiger partial charge in [0.15, 0.2) is 9.84 Å². The van der Waals surface area contributed by atoms with Gasteiger partial charge in [-0.05, 0) is 23.8 Å². The fraction of sp³-hybridized carbons (Fsp3) is 0.188. The quantitative estimate of drug-likeness (QED) is 0.792. The van der Waals surface area contributed by atoms with E-state index >= 15 is 0 Å². The van der Waals surface area contributed by atoms with Crippen molar-refractivity contribution in [1.82, 2.24) is 0 Å². The summed E-state index contributed by atoms with van der Waals surface area (Å²) in [5.74, 6) is -0.401. The van der Waals surface area contributed by atoms with Crippen LogP contribution in [0, 0.1) is 0 Å². The number of methoxy groups -OCH3 is 1. The number of esters is 1. The van der Waals surface area contributed by atoms with Crippen LogP contribution < -0.4 is 4.74 Å². The Balaban J connectivity index is 2.19. The zero-order chi connectivity index (χ0) is 16.2. The van der Waals surface area contributed by atoms with Crippen molar-refractivity contribution in [2.75, 3.05) is 13.4 Å². The SMILES string of the molecule is COc1cc(S(C)(=O)=O)ccc1C(=O)OCc1ccccc1. The molecule has 0 aliphatic carbocycles. The van der Waals surface area contributed by atoms with Crippen molar-refractivity contribution in [1.29, 1.82) is 0 Å². The molecule has 2 aromatic carbocycles. The number of carbonyl (C=O) groups excluding carboxylic acids is 1. The highest BCUT2D eigenvalue weighted by Gasteiger charge is 2.17. The zero-order valence-corrected chi connectivity index (χ0v) is 13.1. The molecular weight excluding hydrogens is 304 g/mol. The molecule has 0 saturated heterocycles. The van der Waals surface area contributed by atoms with Gasteiger partial charge in [0.1, 0.15) is 17.9 Å². The van der Waals surface area contributed by atoms with Gasteiger partial charge in [-0.15, -0.1) is 0 Å². The number of hydrogen-bond acceptors (Lipinski definition) is 5. The van der Waals surface area contributed by atoms with Crippen LogP contribution >= 0.6 is 0 Å². The largest absolute Gasteiger partial charge is 0.496 e. The molecule has 0 fully saturated rings. The van der Waals surface area contributed by atoms with Crippen molar-refractivity contribution >= 4 is 15.8 Å². The summed E-state index contributed by atoms with van der Waals surface area (Å²) >= 11 is 0. The third kappa shape index (κ3) is 3.85. The first kappa shape index (κ1) is 16.0. The van der Waals surface area contributed by atoms with E-state index in [4.69, 9.17) is 9.47 Å². The van der Waals surface area contributed by atoms with Gasteiger partial charge in [0, 0.05) is 6.26 Å². The average molecular weight is 320 g/mol. The van der Waals surface area contributed by atoms with Gasteiger partial charge >= 0.3 is 5.97 Å². The molecule has 0 bridgehead atoms. The molecule has 5 nitrogen and oxygen atoms in total. The lowest BCUT2D eigenvalue weighted by molar-refractivity contribution is 0.0469. The van der Waals surface area contributed by atoms with E-state index in [1.165, 1.54) is 25.3 Å². The maximum absolute atomic E-state index is 12.1. The molecule has 2 rings (SSSR count). The molecule has 116 valence electrons. The molecule has 0 atom stereocenters. The minimum atomic E-state index is -3.37. The van der Waals surface area contributed by atoms with Gasteiger partial charge in [-0.25, -0.2) is 13.2 Å². The predicted octanol–water partition coefficient (Wildman–Crippen LogP) is 2.46. The molecule has 0 amide bonds. The van der Waals surface area contributed by atoms with Crippen LogP contribution in [0.25, 0.3) is 0 Å². The van der Waals surface area contributed by atoms with Crippen LogP contribution in [0.4, 0.5) is 0 Å². The van der Waals surface area contributed by atoms with Gasteiger partial charge in [-0.1, -0.05) is 30.3 Å². The molecule has 0 N–H and O–H groups in total. The first-order chi connectivity index (χ1) is 10.4. The summed E-state index contributed by atoms with van der Waals surface area (Å²) in [5.41, 5.74) is 1.05. The Bertz CT molecular complexity index is 766. The molecule has 22 heavy (non-hydrogen) atoms. The monoisotopic (exact) mass is 320 g/mol. The van der Waals surface area contributed by atoms with Gasteiger partial charge in [0.05, 0.1) is 12.0 Å². The Morgan fingerprint density at radius 1 is 1.09 bits per heavy atom. The highest BCUT2D eigenvalue weighted by Crippen LogP contribution is 2.24. The van der Waals surface area contributed by atoms with Crippen molar-refractivity contribution in [2.24, 2.45) is 0 Å². The van der Waals surface area contributed by atoms with Crippen molar-refractivity contribution in [3.8, 4) is 5.75 Å². The Morgan fingerprint density at radius 3 is 2.36 bits per heavy atom. The molecule has 0 saturated carbocycles. The molecule has 0 aliphatic heterocycles.